The van der Waals surface area contributed by atoms with Gasteiger partial charge in [0.05, 0.1) is 28.7 Å². The Morgan fingerprint density at radius 3 is 2.49 bits per heavy atom. The van der Waals surface area contributed by atoms with Crippen LogP contribution >= 0.6 is 0 Å². The lowest BCUT2D eigenvalue weighted by Gasteiger charge is -2.27. The third kappa shape index (κ3) is 4.79. The van der Waals surface area contributed by atoms with Crippen molar-refractivity contribution in [1.82, 2.24) is 29.1 Å². The second-order valence-electron chi connectivity index (χ2n) is 9.83. The molecule has 1 aliphatic carbocycles. The molecule has 2 fully saturated rings. The molecule has 4 heterocycles. The number of anilines is 3. The highest BCUT2D eigenvalue weighted by molar-refractivity contribution is 7.89. The Morgan fingerprint density at radius 1 is 1.03 bits per heavy atom. The molecular weight excluding hydrogens is 490 g/mol. The standard InChI is InChI=1S/C25H31N9O2S/c26-18-3-5-20(6-4-18)31-24-13-22(25-27-16-23(34(25)32-24)17-14-28-29-15-17)30-19-7-9-21(10-8-19)37(35,36)33-11-1-2-12-33/h7-10,13-16,18,20,30H,1-6,11-12,26H2,(H,28,29)(H,31,32). The number of sulfonamides is 1. The van der Waals surface area contributed by atoms with Gasteiger partial charge in [-0.05, 0) is 62.8 Å². The van der Waals surface area contributed by atoms with E-state index in [-0.39, 0.29) is 6.04 Å². The highest BCUT2D eigenvalue weighted by Gasteiger charge is 2.27. The molecule has 0 radical (unpaired) electrons. The zero-order chi connectivity index (χ0) is 25.4. The molecule has 0 spiro atoms. The predicted molar refractivity (Wildman–Crippen MR) is 142 cm³/mol. The second kappa shape index (κ2) is 9.77. The maximum Gasteiger partial charge on any atom is 0.243 e. The van der Waals surface area contributed by atoms with Crippen molar-refractivity contribution in [2.45, 2.75) is 55.5 Å². The molecule has 3 aromatic heterocycles. The molecule has 0 bridgehead atoms. The Balaban J connectivity index is 1.32. The lowest BCUT2D eigenvalue weighted by atomic mass is 9.92. The van der Waals surface area contributed by atoms with Crippen LogP contribution in [0.3, 0.4) is 0 Å². The summed E-state index contributed by atoms with van der Waals surface area (Å²) in [4.78, 5) is 4.93. The van der Waals surface area contributed by atoms with Crippen molar-refractivity contribution in [3.63, 3.8) is 0 Å². The van der Waals surface area contributed by atoms with Crippen molar-refractivity contribution in [2.24, 2.45) is 5.73 Å². The molecule has 1 aromatic carbocycles. The third-order valence-corrected chi connectivity index (χ3v) is 9.13. The van der Waals surface area contributed by atoms with Gasteiger partial charge in [0, 0.05) is 48.7 Å². The number of aromatic amines is 1. The van der Waals surface area contributed by atoms with Crippen LogP contribution in [0.1, 0.15) is 38.5 Å². The van der Waals surface area contributed by atoms with Gasteiger partial charge in [-0.25, -0.2) is 17.9 Å². The minimum Gasteiger partial charge on any atom is -0.366 e. The quantitative estimate of drug-likeness (QED) is 0.290. The molecule has 0 atom stereocenters. The first-order valence-corrected chi connectivity index (χ1v) is 14.2. The van der Waals surface area contributed by atoms with Crippen molar-refractivity contribution < 1.29 is 8.42 Å². The highest BCUT2D eigenvalue weighted by atomic mass is 32.2. The molecule has 12 heteroatoms. The summed E-state index contributed by atoms with van der Waals surface area (Å²) in [6.45, 7) is 1.16. The Morgan fingerprint density at radius 2 is 1.78 bits per heavy atom. The van der Waals surface area contributed by atoms with E-state index >= 15 is 0 Å². The maximum atomic E-state index is 12.9. The highest BCUT2D eigenvalue weighted by Crippen LogP contribution is 2.30. The average Bonchev–Trinajstić information content (AvgIpc) is 3.67. The fourth-order valence-electron chi connectivity index (χ4n) is 5.13. The zero-order valence-corrected chi connectivity index (χ0v) is 21.3. The third-order valence-electron chi connectivity index (χ3n) is 7.22. The summed E-state index contributed by atoms with van der Waals surface area (Å²) in [5.74, 6) is 0.728. The molecular formula is C25H31N9O2S. The minimum atomic E-state index is -3.46. The summed E-state index contributed by atoms with van der Waals surface area (Å²) in [5.41, 5.74) is 9.96. The van der Waals surface area contributed by atoms with Crippen LogP contribution in [0, 0.1) is 0 Å². The van der Waals surface area contributed by atoms with E-state index in [0.717, 1.165) is 67.0 Å². The van der Waals surface area contributed by atoms with Gasteiger partial charge >= 0.3 is 0 Å². The molecule has 1 aliphatic heterocycles. The first-order valence-electron chi connectivity index (χ1n) is 12.7. The van der Waals surface area contributed by atoms with Crippen molar-refractivity contribution >= 4 is 32.9 Å². The molecule has 1 saturated heterocycles. The van der Waals surface area contributed by atoms with Crippen LogP contribution in [0.25, 0.3) is 16.9 Å². The Bertz CT molecular complexity index is 1470. The SMILES string of the molecule is NC1CCC(Nc2cc(Nc3ccc(S(=O)(=O)N4CCCC4)cc3)c3ncc(-c4cn[nH]c4)n3n2)CC1. The lowest BCUT2D eigenvalue weighted by Crippen LogP contribution is -2.33. The minimum absolute atomic E-state index is 0.268. The lowest BCUT2D eigenvalue weighted by molar-refractivity contribution is 0.410. The fourth-order valence-corrected chi connectivity index (χ4v) is 6.65. The number of nitrogens with one attached hydrogen (secondary N) is 3. The molecule has 37 heavy (non-hydrogen) atoms. The van der Waals surface area contributed by atoms with Crippen LogP contribution in [0.2, 0.25) is 0 Å². The summed E-state index contributed by atoms with van der Waals surface area (Å²) >= 11 is 0. The summed E-state index contributed by atoms with van der Waals surface area (Å²) in [6, 6.07) is 9.40. The zero-order valence-electron chi connectivity index (χ0n) is 20.5. The number of imidazole rings is 1. The van der Waals surface area contributed by atoms with Crippen LogP contribution in [0.5, 0.6) is 0 Å². The Kier molecular flexibility index (Phi) is 6.31. The van der Waals surface area contributed by atoms with Gasteiger partial charge in [0.1, 0.15) is 5.82 Å². The second-order valence-corrected chi connectivity index (χ2v) is 11.8. The molecule has 0 unspecified atom stereocenters. The van der Waals surface area contributed by atoms with Crippen molar-refractivity contribution in [2.75, 3.05) is 23.7 Å². The first-order chi connectivity index (χ1) is 18.0. The van der Waals surface area contributed by atoms with Gasteiger partial charge in [0.2, 0.25) is 10.0 Å². The van der Waals surface area contributed by atoms with Gasteiger partial charge < -0.3 is 16.4 Å². The summed E-state index contributed by atoms with van der Waals surface area (Å²) < 4.78 is 29.2. The number of benzene rings is 1. The predicted octanol–water partition coefficient (Wildman–Crippen LogP) is 3.33. The number of fused-ring (bicyclic) bond motifs is 1. The molecule has 2 aliphatic rings. The van der Waals surface area contributed by atoms with Gasteiger partial charge in [-0.1, -0.05) is 0 Å². The van der Waals surface area contributed by atoms with Crippen LogP contribution < -0.4 is 16.4 Å². The van der Waals surface area contributed by atoms with E-state index in [1.165, 1.54) is 0 Å². The van der Waals surface area contributed by atoms with E-state index in [1.807, 2.05) is 6.07 Å². The smallest absolute Gasteiger partial charge is 0.243 e. The van der Waals surface area contributed by atoms with Crippen LogP contribution in [0.4, 0.5) is 17.2 Å². The normalized spacial score (nSPS) is 20.9. The van der Waals surface area contributed by atoms with E-state index < -0.39 is 10.0 Å². The van der Waals surface area contributed by atoms with E-state index in [2.05, 4.69) is 25.8 Å². The number of aromatic nitrogens is 5. The number of rotatable bonds is 7. The number of nitrogens with two attached hydrogens (primary N) is 1. The van der Waals surface area contributed by atoms with Gasteiger partial charge in [-0.3, -0.25) is 5.10 Å². The number of hydrogen-bond acceptors (Lipinski definition) is 8. The van der Waals surface area contributed by atoms with Gasteiger partial charge in [-0.2, -0.15) is 9.40 Å². The van der Waals surface area contributed by atoms with E-state index in [1.54, 1.807) is 51.7 Å². The fraction of sp³-hybridized carbons (Fsp3) is 0.400. The number of nitrogens with zero attached hydrogens (tertiary/aromatic N) is 5. The number of H-pyrrole nitrogens is 1. The molecule has 1 saturated carbocycles. The monoisotopic (exact) mass is 521 g/mol. The molecule has 11 nitrogen and oxygen atoms in total. The van der Waals surface area contributed by atoms with Crippen LogP contribution in [0.15, 0.2) is 53.8 Å². The van der Waals surface area contributed by atoms with Gasteiger partial charge in [-0.15, -0.1) is 5.10 Å². The maximum absolute atomic E-state index is 12.9. The average molecular weight is 522 g/mol. The van der Waals surface area contributed by atoms with Crippen molar-refractivity contribution in [3.05, 3.63) is 48.9 Å². The molecule has 4 aromatic rings. The summed E-state index contributed by atoms with van der Waals surface area (Å²) in [7, 11) is -3.46. The van der Waals surface area contributed by atoms with Crippen molar-refractivity contribution in [3.8, 4) is 11.3 Å². The van der Waals surface area contributed by atoms with Gasteiger partial charge in [0.25, 0.3) is 0 Å². The molecule has 6 rings (SSSR count). The summed E-state index contributed by atoms with van der Waals surface area (Å²) in [5, 5.41) is 18.8. The molecule has 0 amide bonds. The van der Waals surface area contributed by atoms with Crippen LogP contribution in [-0.4, -0.2) is 62.7 Å². The van der Waals surface area contributed by atoms with E-state index in [9.17, 15) is 8.42 Å². The summed E-state index contributed by atoms with van der Waals surface area (Å²) in [6.07, 6.45) is 11.1. The topological polar surface area (TPSA) is 146 Å². The van der Waals surface area contributed by atoms with Crippen LogP contribution in [-0.2, 0) is 10.0 Å². The van der Waals surface area contributed by atoms with E-state index in [0.29, 0.717) is 29.7 Å². The molecule has 194 valence electrons. The Hall–Kier alpha value is -3.48. The largest absolute Gasteiger partial charge is 0.366 e. The number of hydrogen-bond donors (Lipinski definition) is 4. The first kappa shape index (κ1) is 23.9. The Labute approximate surface area is 215 Å². The van der Waals surface area contributed by atoms with E-state index in [4.69, 9.17) is 10.8 Å². The van der Waals surface area contributed by atoms with Crippen molar-refractivity contribution in [1.29, 1.82) is 0 Å². The van der Waals surface area contributed by atoms with Gasteiger partial charge in [0.15, 0.2) is 5.65 Å². The molecule has 5 N–H and O–H groups in total.